The number of aryl methyl sites for hydroxylation is 1. The van der Waals surface area contributed by atoms with Crippen molar-refractivity contribution in [1.82, 2.24) is 4.90 Å². The van der Waals surface area contributed by atoms with E-state index in [1.807, 2.05) is 32.0 Å². The van der Waals surface area contributed by atoms with Gasteiger partial charge in [-0.15, -0.1) is 11.3 Å². The summed E-state index contributed by atoms with van der Waals surface area (Å²) in [7, 11) is 1.51. The van der Waals surface area contributed by atoms with Crippen LogP contribution in [0.25, 0.3) is 10.1 Å². The Bertz CT molecular complexity index is 1200. The van der Waals surface area contributed by atoms with Crippen molar-refractivity contribution >= 4 is 38.9 Å². The minimum absolute atomic E-state index is 0.102. The fraction of sp³-hybridized carbons (Fsp3) is 0.385. The lowest BCUT2D eigenvalue weighted by atomic mass is 10.1. The van der Waals surface area contributed by atoms with Gasteiger partial charge in [-0.1, -0.05) is 18.2 Å². The Hall–Kier alpha value is -2.81. The van der Waals surface area contributed by atoms with E-state index in [1.165, 1.54) is 29.4 Å². The van der Waals surface area contributed by atoms with E-state index in [1.54, 1.807) is 12.1 Å². The Morgan fingerprint density at radius 3 is 2.76 bits per heavy atom. The standard InChI is InChI=1S/C26H29FN2O4S/c1-16-7-4-10-21(17(16)2)28-23(30)14-29(13-18-8-6-12-33-18)26(31)25-19(15-32-3)24-20(27)9-5-11-22(24)34-25/h4-5,7,9-11,18H,6,8,12-15H2,1-3H3,(H,28,30). The maximum absolute atomic E-state index is 14.6. The normalized spacial score (nSPS) is 15.6. The summed E-state index contributed by atoms with van der Waals surface area (Å²) < 4.78 is 26.4. The Balaban J connectivity index is 1.63. The molecule has 4 rings (SSSR count). The monoisotopic (exact) mass is 484 g/mol. The average Bonchev–Trinajstić information content (AvgIpc) is 3.45. The van der Waals surface area contributed by atoms with Crippen molar-refractivity contribution in [3.05, 3.63) is 63.8 Å². The van der Waals surface area contributed by atoms with Crippen LogP contribution in [0.15, 0.2) is 36.4 Å². The van der Waals surface area contributed by atoms with Crippen LogP contribution in [0, 0.1) is 19.7 Å². The van der Waals surface area contributed by atoms with Gasteiger partial charge in [0.05, 0.1) is 17.6 Å². The Morgan fingerprint density at radius 2 is 2.03 bits per heavy atom. The van der Waals surface area contributed by atoms with Gasteiger partial charge in [0, 0.05) is 41.6 Å². The number of carbonyl (C=O) groups excluding carboxylic acids is 2. The van der Waals surface area contributed by atoms with E-state index < -0.39 is 5.82 Å². The van der Waals surface area contributed by atoms with E-state index in [9.17, 15) is 14.0 Å². The van der Waals surface area contributed by atoms with Crippen LogP contribution >= 0.6 is 11.3 Å². The molecule has 0 saturated carbocycles. The molecule has 1 atom stereocenters. The van der Waals surface area contributed by atoms with Crippen LogP contribution in [0.4, 0.5) is 10.1 Å². The quantitative estimate of drug-likeness (QED) is 0.485. The first kappa shape index (κ1) is 24.3. The number of carbonyl (C=O) groups is 2. The molecule has 1 N–H and O–H groups in total. The lowest BCUT2D eigenvalue weighted by Gasteiger charge is -2.25. The summed E-state index contributed by atoms with van der Waals surface area (Å²) in [6.45, 7) is 4.84. The number of halogens is 1. The fourth-order valence-electron chi connectivity index (χ4n) is 4.27. The molecular weight excluding hydrogens is 455 g/mol. The van der Waals surface area contributed by atoms with Crippen molar-refractivity contribution in [3.8, 4) is 0 Å². The van der Waals surface area contributed by atoms with Crippen molar-refractivity contribution in [1.29, 1.82) is 0 Å². The molecule has 0 spiro atoms. The zero-order valence-corrected chi connectivity index (χ0v) is 20.5. The third-order valence-electron chi connectivity index (χ3n) is 6.19. The van der Waals surface area contributed by atoms with E-state index in [4.69, 9.17) is 9.47 Å². The van der Waals surface area contributed by atoms with Crippen LogP contribution in [0.5, 0.6) is 0 Å². The van der Waals surface area contributed by atoms with Gasteiger partial charge in [0.1, 0.15) is 12.4 Å². The van der Waals surface area contributed by atoms with Crippen LogP contribution in [-0.4, -0.2) is 49.6 Å². The van der Waals surface area contributed by atoms with Crippen molar-refractivity contribution in [3.63, 3.8) is 0 Å². The number of anilines is 1. The average molecular weight is 485 g/mol. The van der Waals surface area contributed by atoms with E-state index in [-0.39, 0.29) is 31.1 Å². The first-order valence-electron chi connectivity index (χ1n) is 11.3. The fourth-order valence-corrected chi connectivity index (χ4v) is 5.46. The summed E-state index contributed by atoms with van der Waals surface area (Å²) in [6, 6.07) is 10.5. The lowest BCUT2D eigenvalue weighted by molar-refractivity contribution is -0.117. The minimum atomic E-state index is -0.391. The number of thiophene rings is 1. The maximum atomic E-state index is 14.6. The Kier molecular flexibility index (Phi) is 7.60. The number of nitrogens with one attached hydrogen (secondary N) is 1. The van der Waals surface area contributed by atoms with Gasteiger partial charge in [-0.2, -0.15) is 0 Å². The molecule has 1 unspecified atom stereocenters. The van der Waals surface area contributed by atoms with Crippen molar-refractivity contribution < 1.29 is 23.5 Å². The number of benzene rings is 2. The number of hydrogen-bond donors (Lipinski definition) is 1. The van der Waals surface area contributed by atoms with Crippen molar-refractivity contribution in [2.75, 3.05) is 32.1 Å². The summed E-state index contributed by atoms with van der Waals surface area (Å²) in [5.41, 5.74) is 3.29. The van der Waals surface area contributed by atoms with Gasteiger partial charge in [-0.25, -0.2) is 4.39 Å². The maximum Gasteiger partial charge on any atom is 0.264 e. The number of ether oxygens (including phenoxy) is 2. The van der Waals surface area contributed by atoms with Gasteiger partial charge in [0.25, 0.3) is 5.91 Å². The first-order chi connectivity index (χ1) is 16.4. The van der Waals surface area contributed by atoms with Crippen molar-refractivity contribution in [2.45, 2.75) is 39.4 Å². The highest BCUT2D eigenvalue weighted by molar-refractivity contribution is 7.21. The molecular formula is C26H29FN2O4S. The topological polar surface area (TPSA) is 67.9 Å². The van der Waals surface area contributed by atoms with Gasteiger partial charge in [0.2, 0.25) is 5.91 Å². The van der Waals surface area contributed by atoms with Crippen molar-refractivity contribution in [2.24, 2.45) is 0 Å². The number of rotatable bonds is 8. The molecule has 180 valence electrons. The highest BCUT2D eigenvalue weighted by atomic mass is 32.1. The van der Waals surface area contributed by atoms with Gasteiger partial charge < -0.3 is 19.7 Å². The van der Waals surface area contributed by atoms with Crippen LogP contribution in [0.2, 0.25) is 0 Å². The zero-order chi connectivity index (χ0) is 24.2. The molecule has 1 aliphatic rings. The van der Waals surface area contributed by atoms with E-state index in [0.717, 1.165) is 29.7 Å². The number of fused-ring (bicyclic) bond motifs is 1. The van der Waals surface area contributed by atoms with Crippen LogP contribution in [0.1, 0.15) is 39.2 Å². The largest absolute Gasteiger partial charge is 0.380 e. The molecule has 1 fully saturated rings. The number of amides is 2. The summed E-state index contributed by atoms with van der Waals surface area (Å²) in [6.07, 6.45) is 1.62. The highest BCUT2D eigenvalue weighted by Crippen LogP contribution is 2.35. The summed E-state index contributed by atoms with van der Waals surface area (Å²) >= 11 is 1.22. The van der Waals surface area contributed by atoms with Gasteiger partial charge in [-0.3, -0.25) is 9.59 Å². The molecule has 2 amide bonds. The second-order valence-electron chi connectivity index (χ2n) is 8.57. The summed E-state index contributed by atoms with van der Waals surface area (Å²) in [5.74, 6) is -1.00. The van der Waals surface area contributed by atoms with Crippen LogP contribution in [0.3, 0.4) is 0 Å². The molecule has 0 aliphatic carbocycles. The molecule has 1 saturated heterocycles. The summed E-state index contributed by atoms with van der Waals surface area (Å²) in [4.78, 5) is 28.6. The third-order valence-corrected chi connectivity index (χ3v) is 7.38. The second kappa shape index (κ2) is 10.6. The molecule has 6 nitrogen and oxygen atoms in total. The van der Waals surface area contributed by atoms with Crippen LogP contribution in [-0.2, 0) is 20.9 Å². The number of methoxy groups -OCH3 is 1. The van der Waals surface area contributed by atoms with E-state index in [2.05, 4.69) is 5.32 Å². The molecule has 1 aromatic heterocycles. The molecule has 3 aromatic rings. The molecule has 34 heavy (non-hydrogen) atoms. The SMILES string of the molecule is COCc1c(C(=O)N(CC(=O)Nc2cccc(C)c2C)CC2CCCO2)sc2cccc(F)c12. The Morgan fingerprint density at radius 1 is 1.24 bits per heavy atom. The predicted octanol–water partition coefficient (Wildman–Crippen LogP) is 5.06. The van der Waals surface area contributed by atoms with E-state index in [0.29, 0.717) is 33.7 Å². The van der Waals surface area contributed by atoms with Gasteiger partial charge in [-0.05, 0) is 56.0 Å². The Labute approximate surface area is 202 Å². The predicted molar refractivity (Wildman–Crippen MR) is 132 cm³/mol. The molecule has 8 heteroatoms. The van der Waals surface area contributed by atoms with Gasteiger partial charge >= 0.3 is 0 Å². The van der Waals surface area contributed by atoms with Crippen LogP contribution < -0.4 is 5.32 Å². The van der Waals surface area contributed by atoms with Gasteiger partial charge in [0.15, 0.2) is 0 Å². The minimum Gasteiger partial charge on any atom is -0.380 e. The summed E-state index contributed by atoms with van der Waals surface area (Å²) in [5, 5.41) is 3.33. The molecule has 1 aliphatic heterocycles. The lowest BCUT2D eigenvalue weighted by Crippen LogP contribution is -2.42. The molecule has 2 heterocycles. The first-order valence-corrected chi connectivity index (χ1v) is 12.2. The highest BCUT2D eigenvalue weighted by Gasteiger charge is 2.29. The number of nitrogens with zero attached hydrogens (tertiary/aromatic N) is 1. The molecule has 0 bridgehead atoms. The smallest absolute Gasteiger partial charge is 0.264 e. The second-order valence-corrected chi connectivity index (χ2v) is 9.62. The molecule has 2 aromatic carbocycles. The van der Waals surface area contributed by atoms with E-state index >= 15 is 0 Å². The number of hydrogen-bond acceptors (Lipinski definition) is 5. The molecule has 0 radical (unpaired) electrons. The zero-order valence-electron chi connectivity index (χ0n) is 19.7. The third kappa shape index (κ3) is 5.14.